The standard InChI is InChI=1S/C19H22ClN3O/c20-16-6-8-17(9-7-16)22-19(18(21)24)10-12-23(13-11-19)14-15-4-2-1-3-5-15/h1-9,22H,10-14H2,(H2,21,24). The second-order valence-electron chi connectivity index (χ2n) is 6.34. The molecule has 0 bridgehead atoms. The number of amides is 1. The normalized spacial score (nSPS) is 17.4. The predicted octanol–water partition coefficient (Wildman–Crippen LogP) is 3.27. The highest BCUT2D eigenvalue weighted by Gasteiger charge is 2.39. The van der Waals surface area contributed by atoms with Gasteiger partial charge in [0.1, 0.15) is 5.54 Å². The third kappa shape index (κ3) is 3.89. The lowest BCUT2D eigenvalue weighted by Crippen LogP contribution is -2.56. The molecule has 0 atom stereocenters. The molecule has 126 valence electrons. The minimum absolute atomic E-state index is 0.295. The number of likely N-dealkylation sites (tertiary alicyclic amines) is 1. The Bertz CT molecular complexity index is 680. The zero-order valence-electron chi connectivity index (χ0n) is 13.5. The highest BCUT2D eigenvalue weighted by Crippen LogP contribution is 2.28. The molecule has 0 unspecified atom stereocenters. The summed E-state index contributed by atoms with van der Waals surface area (Å²) in [6.45, 7) is 2.56. The van der Waals surface area contributed by atoms with Crippen LogP contribution in [-0.4, -0.2) is 29.4 Å². The van der Waals surface area contributed by atoms with Crippen LogP contribution in [0.4, 0.5) is 5.69 Å². The molecule has 4 nitrogen and oxygen atoms in total. The van der Waals surface area contributed by atoms with Crippen LogP contribution >= 0.6 is 11.6 Å². The van der Waals surface area contributed by atoms with Crippen molar-refractivity contribution in [3.05, 3.63) is 65.2 Å². The lowest BCUT2D eigenvalue weighted by Gasteiger charge is -2.40. The number of halogens is 1. The van der Waals surface area contributed by atoms with Crippen molar-refractivity contribution < 1.29 is 4.79 Å². The number of rotatable bonds is 5. The van der Waals surface area contributed by atoms with Crippen LogP contribution in [0.5, 0.6) is 0 Å². The van der Waals surface area contributed by atoms with E-state index in [-0.39, 0.29) is 5.91 Å². The van der Waals surface area contributed by atoms with Crippen LogP contribution in [0.3, 0.4) is 0 Å². The Balaban J connectivity index is 1.65. The summed E-state index contributed by atoms with van der Waals surface area (Å²) in [6.07, 6.45) is 1.38. The smallest absolute Gasteiger partial charge is 0.243 e. The molecule has 5 heteroatoms. The van der Waals surface area contributed by atoms with Gasteiger partial charge in [0.05, 0.1) is 0 Å². The van der Waals surface area contributed by atoms with Crippen LogP contribution in [-0.2, 0) is 11.3 Å². The number of primary amides is 1. The number of carbonyl (C=O) groups excluding carboxylic acids is 1. The number of anilines is 1. The molecule has 24 heavy (non-hydrogen) atoms. The molecule has 2 aromatic rings. The lowest BCUT2D eigenvalue weighted by molar-refractivity contribution is -0.123. The van der Waals surface area contributed by atoms with E-state index in [2.05, 4.69) is 34.5 Å². The van der Waals surface area contributed by atoms with Crippen molar-refractivity contribution in [3.63, 3.8) is 0 Å². The van der Waals surface area contributed by atoms with Crippen LogP contribution in [0.2, 0.25) is 5.02 Å². The highest BCUT2D eigenvalue weighted by atomic mass is 35.5. The lowest BCUT2D eigenvalue weighted by atomic mass is 9.86. The molecule has 0 saturated carbocycles. The van der Waals surface area contributed by atoms with Crippen LogP contribution in [0.15, 0.2) is 54.6 Å². The molecule has 0 spiro atoms. The van der Waals surface area contributed by atoms with Gasteiger partial charge in [0.25, 0.3) is 0 Å². The first-order chi connectivity index (χ1) is 11.6. The number of nitrogens with one attached hydrogen (secondary N) is 1. The number of piperidine rings is 1. The number of nitrogens with zero attached hydrogens (tertiary/aromatic N) is 1. The summed E-state index contributed by atoms with van der Waals surface area (Å²) in [5.74, 6) is -0.295. The van der Waals surface area contributed by atoms with E-state index in [0.29, 0.717) is 17.9 Å². The Morgan fingerprint density at radius 2 is 1.71 bits per heavy atom. The van der Waals surface area contributed by atoms with Gasteiger partial charge in [0.15, 0.2) is 0 Å². The fraction of sp³-hybridized carbons (Fsp3) is 0.316. The summed E-state index contributed by atoms with van der Waals surface area (Å²) in [5, 5.41) is 4.02. The summed E-state index contributed by atoms with van der Waals surface area (Å²) in [6, 6.07) is 17.8. The summed E-state index contributed by atoms with van der Waals surface area (Å²) < 4.78 is 0. The first-order valence-corrected chi connectivity index (χ1v) is 8.55. The van der Waals surface area contributed by atoms with Crippen LogP contribution in [0.1, 0.15) is 18.4 Å². The molecule has 1 heterocycles. The van der Waals surface area contributed by atoms with Crippen molar-refractivity contribution in [1.82, 2.24) is 4.90 Å². The summed E-state index contributed by atoms with van der Waals surface area (Å²) >= 11 is 5.92. The second kappa shape index (κ2) is 7.24. The number of nitrogens with two attached hydrogens (primary N) is 1. The zero-order valence-corrected chi connectivity index (χ0v) is 14.3. The third-order valence-corrected chi connectivity index (χ3v) is 4.91. The van der Waals surface area contributed by atoms with E-state index >= 15 is 0 Å². The summed E-state index contributed by atoms with van der Waals surface area (Å²) in [4.78, 5) is 14.5. The van der Waals surface area contributed by atoms with Gasteiger partial charge in [-0.1, -0.05) is 41.9 Å². The molecule has 1 saturated heterocycles. The number of benzene rings is 2. The SMILES string of the molecule is NC(=O)C1(Nc2ccc(Cl)cc2)CCN(Cc2ccccc2)CC1. The van der Waals surface area contributed by atoms with Gasteiger partial charge in [0, 0.05) is 30.3 Å². The van der Waals surface area contributed by atoms with Crippen LogP contribution in [0.25, 0.3) is 0 Å². The second-order valence-corrected chi connectivity index (χ2v) is 6.78. The topological polar surface area (TPSA) is 58.4 Å². The molecule has 1 amide bonds. The monoisotopic (exact) mass is 343 g/mol. The van der Waals surface area contributed by atoms with Crippen molar-refractivity contribution in [2.45, 2.75) is 24.9 Å². The van der Waals surface area contributed by atoms with Gasteiger partial charge in [0.2, 0.25) is 5.91 Å². The van der Waals surface area contributed by atoms with E-state index in [9.17, 15) is 4.79 Å². The molecular weight excluding hydrogens is 322 g/mol. The van der Waals surface area contributed by atoms with E-state index in [4.69, 9.17) is 17.3 Å². The Kier molecular flexibility index (Phi) is 5.07. The average molecular weight is 344 g/mol. The van der Waals surface area contributed by atoms with Crippen molar-refractivity contribution in [2.24, 2.45) is 5.73 Å². The molecule has 0 aliphatic carbocycles. The van der Waals surface area contributed by atoms with Crippen molar-refractivity contribution in [3.8, 4) is 0 Å². The number of carbonyl (C=O) groups is 1. The number of hydrogen-bond donors (Lipinski definition) is 2. The number of hydrogen-bond acceptors (Lipinski definition) is 3. The van der Waals surface area contributed by atoms with Crippen LogP contribution < -0.4 is 11.1 Å². The first-order valence-electron chi connectivity index (χ1n) is 8.17. The maximum absolute atomic E-state index is 12.1. The maximum atomic E-state index is 12.1. The molecule has 1 aliphatic rings. The van der Waals surface area contributed by atoms with Gasteiger partial charge in [-0.25, -0.2) is 0 Å². The summed E-state index contributed by atoms with van der Waals surface area (Å²) in [7, 11) is 0. The Morgan fingerprint density at radius 1 is 1.08 bits per heavy atom. The fourth-order valence-corrected chi connectivity index (χ4v) is 3.30. The van der Waals surface area contributed by atoms with Crippen LogP contribution in [0, 0.1) is 0 Å². The van der Waals surface area contributed by atoms with E-state index < -0.39 is 5.54 Å². The van der Waals surface area contributed by atoms with Gasteiger partial charge >= 0.3 is 0 Å². The zero-order chi connectivity index (χ0) is 17.0. The molecule has 2 aromatic carbocycles. The minimum Gasteiger partial charge on any atom is -0.371 e. The Morgan fingerprint density at radius 3 is 2.29 bits per heavy atom. The third-order valence-electron chi connectivity index (χ3n) is 4.66. The molecule has 3 rings (SSSR count). The van der Waals surface area contributed by atoms with Crippen molar-refractivity contribution in [1.29, 1.82) is 0 Å². The predicted molar refractivity (Wildman–Crippen MR) is 98.0 cm³/mol. The molecule has 0 radical (unpaired) electrons. The largest absolute Gasteiger partial charge is 0.371 e. The van der Waals surface area contributed by atoms with Crippen molar-refractivity contribution >= 4 is 23.2 Å². The Labute approximate surface area is 147 Å². The van der Waals surface area contributed by atoms with E-state index in [1.165, 1.54) is 5.56 Å². The fourth-order valence-electron chi connectivity index (χ4n) is 3.18. The molecule has 1 fully saturated rings. The van der Waals surface area contributed by atoms with Gasteiger partial charge in [-0.3, -0.25) is 9.69 Å². The average Bonchev–Trinajstić information content (AvgIpc) is 2.59. The highest BCUT2D eigenvalue weighted by molar-refractivity contribution is 6.30. The van der Waals surface area contributed by atoms with Gasteiger partial charge in [-0.15, -0.1) is 0 Å². The summed E-state index contributed by atoms with van der Waals surface area (Å²) in [5.41, 5.74) is 7.20. The van der Waals surface area contributed by atoms with Crippen molar-refractivity contribution in [2.75, 3.05) is 18.4 Å². The minimum atomic E-state index is -0.693. The molecule has 0 aromatic heterocycles. The van der Waals surface area contributed by atoms with Gasteiger partial charge in [-0.05, 0) is 42.7 Å². The molecule has 1 aliphatic heterocycles. The van der Waals surface area contributed by atoms with E-state index in [0.717, 1.165) is 25.3 Å². The Hall–Kier alpha value is -2.04. The van der Waals surface area contributed by atoms with Gasteiger partial charge < -0.3 is 11.1 Å². The maximum Gasteiger partial charge on any atom is 0.243 e. The van der Waals surface area contributed by atoms with Gasteiger partial charge in [-0.2, -0.15) is 0 Å². The molecule has 3 N–H and O–H groups in total. The van der Waals surface area contributed by atoms with E-state index in [1.54, 1.807) is 0 Å². The quantitative estimate of drug-likeness (QED) is 0.876. The first kappa shape index (κ1) is 16.8. The van der Waals surface area contributed by atoms with E-state index in [1.807, 2.05) is 30.3 Å². The molecular formula is C19H22ClN3O.